The van der Waals surface area contributed by atoms with E-state index in [1.54, 1.807) is 0 Å². The summed E-state index contributed by atoms with van der Waals surface area (Å²) in [4.78, 5) is 38.0. The van der Waals surface area contributed by atoms with Crippen molar-refractivity contribution in [3.63, 3.8) is 0 Å². The van der Waals surface area contributed by atoms with Crippen molar-refractivity contribution >= 4 is 23.0 Å². The Balaban J connectivity index is 1.09. The van der Waals surface area contributed by atoms with E-state index in [-0.39, 0.29) is 36.5 Å². The summed E-state index contributed by atoms with van der Waals surface area (Å²) in [5.74, 6) is 0.604. The first-order chi connectivity index (χ1) is 16.5. The molecular formula is C25H24N4O5. The second kappa shape index (κ2) is 7.88. The van der Waals surface area contributed by atoms with Crippen LogP contribution in [0.25, 0.3) is 0 Å². The molecule has 1 fully saturated rings. The van der Waals surface area contributed by atoms with Gasteiger partial charge in [-0.05, 0) is 35.2 Å². The molecule has 0 aliphatic carbocycles. The molecule has 34 heavy (non-hydrogen) atoms. The van der Waals surface area contributed by atoms with Crippen LogP contribution in [0.4, 0.5) is 17.1 Å². The number of nitrogens with two attached hydrogens (primary N) is 1. The molecule has 6 rings (SSSR count). The third kappa shape index (κ3) is 3.58. The van der Waals surface area contributed by atoms with Gasteiger partial charge in [0.2, 0.25) is 5.91 Å². The predicted octanol–water partition coefficient (Wildman–Crippen LogP) is 1.03. The highest BCUT2D eigenvalue weighted by Gasteiger charge is 2.49. The number of epoxide rings is 1. The minimum Gasteiger partial charge on any atom is -0.485 e. The largest absolute Gasteiger partial charge is 0.485 e. The van der Waals surface area contributed by atoms with Crippen LogP contribution < -0.4 is 36.9 Å². The zero-order valence-corrected chi connectivity index (χ0v) is 18.4. The second-order valence-electron chi connectivity index (χ2n) is 8.99. The van der Waals surface area contributed by atoms with Gasteiger partial charge in [-0.25, -0.2) is 0 Å². The number of anilines is 3. The van der Waals surface area contributed by atoms with Crippen molar-refractivity contribution < 1.29 is 14.3 Å². The van der Waals surface area contributed by atoms with E-state index >= 15 is 0 Å². The van der Waals surface area contributed by atoms with Gasteiger partial charge in [0.1, 0.15) is 29.3 Å². The average Bonchev–Trinajstić information content (AvgIpc) is 3.63. The molecule has 3 unspecified atom stereocenters. The number of hydrogen-bond donors (Lipinski definition) is 3. The number of amides is 1. The molecule has 3 aliphatic rings. The summed E-state index contributed by atoms with van der Waals surface area (Å²) in [6, 6.07) is 13.7. The average molecular weight is 460 g/mol. The van der Waals surface area contributed by atoms with Crippen LogP contribution in [-0.4, -0.2) is 30.9 Å². The van der Waals surface area contributed by atoms with Crippen LogP contribution in [0.15, 0.2) is 52.1 Å². The molecule has 0 saturated carbocycles. The molecule has 1 amide bonds. The van der Waals surface area contributed by atoms with Crippen molar-refractivity contribution in [2.75, 3.05) is 22.5 Å². The lowest BCUT2D eigenvalue weighted by Crippen LogP contribution is -2.44. The van der Waals surface area contributed by atoms with Crippen LogP contribution in [0.5, 0.6) is 5.75 Å². The van der Waals surface area contributed by atoms with Gasteiger partial charge in [-0.15, -0.1) is 0 Å². The lowest BCUT2D eigenvalue weighted by molar-refractivity contribution is -0.123. The van der Waals surface area contributed by atoms with Gasteiger partial charge in [0.25, 0.3) is 10.9 Å². The van der Waals surface area contributed by atoms with Crippen molar-refractivity contribution in [2.24, 2.45) is 0 Å². The topological polar surface area (TPSA) is 126 Å². The fourth-order valence-corrected chi connectivity index (χ4v) is 4.83. The lowest BCUT2D eigenvalue weighted by Gasteiger charge is -2.32. The van der Waals surface area contributed by atoms with E-state index in [9.17, 15) is 14.4 Å². The number of ether oxygens (including phenoxy) is 2. The van der Waals surface area contributed by atoms with Crippen LogP contribution in [0, 0.1) is 0 Å². The number of nitrogens with zero attached hydrogens (tertiary/aromatic N) is 1. The standard InChI is InChI=1S/C25H24N4O5/c26-20-21(23(32)22(20)31)29-8-7-14-6-5-13(9-15(14)12-29)11-27-19(30)10-18-24-25(34-24)28-16-3-1-2-4-17(16)33-18/h1-6,9,18,24-25,28H,7-8,10-12,26H2,(H,27,30). The Kier molecular flexibility index (Phi) is 4.80. The highest BCUT2D eigenvalue weighted by Crippen LogP contribution is 2.39. The molecule has 3 aromatic rings. The van der Waals surface area contributed by atoms with E-state index in [4.69, 9.17) is 15.2 Å². The summed E-state index contributed by atoms with van der Waals surface area (Å²) in [6.45, 7) is 1.53. The molecule has 9 heteroatoms. The molecular weight excluding hydrogens is 436 g/mol. The third-order valence-electron chi connectivity index (χ3n) is 6.75. The minimum absolute atomic E-state index is 0.0531. The molecule has 9 nitrogen and oxygen atoms in total. The van der Waals surface area contributed by atoms with Crippen LogP contribution >= 0.6 is 0 Å². The SMILES string of the molecule is Nc1c(N2CCc3ccc(CNC(=O)CC4Oc5ccccc5NC5OC45)cc3C2)c(=O)c1=O. The highest BCUT2D eigenvalue weighted by atomic mass is 16.6. The predicted molar refractivity (Wildman–Crippen MR) is 127 cm³/mol. The number of fused-ring (bicyclic) bond motifs is 3. The zero-order chi connectivity index (χ0) is 23.4. The number of para-hydroxylation sites is 2. The van der Waals surface area contributed by atoms with E-state index in [1.807, 2.05) is 41.3 Å². The van der Waals surface area contributed by atoms with E-state index < -0.39 is 10.9 Å². The number of carbonyl (C=O) groups is 1. The lowest BCUT2D eigenvalue weighted by atomic mass is 9.96. The van der Waals surface area contributed by atoms with Gasteiger partial charge in [0.05, 0.1) is 12.1 Å². The van der Waals surface area contributed by atoms with Crippen LogP contribution in [0.1, 0.15) is 23.1 Å². The Bertz CT molecular complexity index is 1360. The number of carbonyl (C=O) groups excluding carboxylic acids is 1. The number of nitrogens with one attached hydrogen (secondary N) is 2. The number of hydrogen-bond acceptors (Lipinski definition) is 8. The Hall–Kier alpha value is -3.85. The van der Waals surface area contributed by atoms with Gasteiger partial charge in [0.15, 0.2) is 6.23 Å². The maximum absolute atomic E-state index is 12.7. The Morgan fingerprint density at radius 2 is 2.00 bits per heavy atom. The monoisotopic (exact) mass is 460 g/mol. The molecule has 0 aromatic heterocycles. The molecule has 3 heterocycles. The van der Waals surface area contributed by atoms with Gasteiger partial charge in [0, 0.05) is 19.6 Å². The maximum atomic E-state index is 12.7. The summed E-state index contributed by atoms with van der Waals surface area (Å²) in [5.41, 5.74) is 9.10. The molecule has 3 aromatic carbocycles. The Labute approximate surface area is 195 Å². The van der Waals surface area contributed by atoms with Gasteiger partial charge >= 0.3 is 0 Å². The van der Waals surface area contributed by atoms with Crippen LogP contribution in [-0.2, 0) is 29.0 Å². The summed E-state index contributed by atoms with van der Waals surface area (Å²) in [5, 5.41) is 6.26. The van der Waals surface area contributed by atoms with E-state index in [1.165, 1.54) is 5.56 Å². The molecule has 0 radical (unpaired) electrons. The molecule has 3 atom stereocenters. The molecule has 4 N–H and O–H groups in total. The number of nitrogen functional groups attached to an aromatic ring is 1. The van der Waals surface area contributed by atoms with Gasteiger partial charge < -0.3 is 30.7 Å². The molecule has 3 aliphatic heterocycles. The van der Waals surface area contributed by atoms with Crippen molar-refractivity contribution in [1.29, 1.82) is 0 Å². The smallest absolute Gasteiger partial charge is 0.253 e. The zero-order valence-electron chi connectivity index (χ0n) is 18.4. The fraction of sp³-hybridized carbons (Fsp3) is 0.320. The molecule has 174 valence electrons. The first-order valence-electron chi connectivity index (χ1n) is 11.4. The summed E-state index contributed by atoms with van der Waals surface area (Å²) in [6.07, 6.45) is 0.305. The number of rotatable bonds is 5. The molecule has 0 bridgehead atoms. The highest BCUT2D eigenvalue weighted by molar-refractivity contribution is 5.77. The van der Waals surface area contributed by atoms with Crippen molar-refractivity contribution in [2.45, 2.75) is 44.4 Å². The van der Waals surface area contributed by atoms with Crippen LogP contribution in [0.3, 0.4) is 0 Å². The Morgan fingerprint density at radius 1 is 1.15 bits per heavy atom. The number of benzene rings is 2. The van der Waals surface area contributed by atoms with E-state index in [0.29, 0.717) is 25.3 Å². The normalized spacial score (nSPS) is 22.5. The summed E-state index contributed by atoms with van der Waals surface area (Å²) < 4.78 is 11.7. The summed E-state index contributed by atoms with van der Waals surface area (Å²) in [7, 11) is 0. The maximum Gasteiger partial charge on any atom is 0.253 e. The van der Waals surface area contributed by atoms with E-state index in [0.717, 1.165) is 29.0 Å². The van der Waals surface area contributed by atoms with Gasteiger partial charge in [-0.1, -0.05) is 30.3 Å². The Morgan fingerprint density at radius 3 is 2.85 bits per heavy atom. The van der Waals surface area contributed by atoms with Crippen molar-refractivity contribution in [1.82, 2.24) is 5.32 Å². The quantitative estimate of drug-likeness (QED) is 0.381. The second-order valence-corrected chi connectivity index (χ2v) is 8.99. The van der Waals surface area contributed by atoms with Crippen molar-refractivity contribution in [3.05, 3.63) is 79.6 Å². The minimum atomic E-state index is -0.600. The van der Waals surface area contributed by atoms with E-state index in [2.05, 4.69) is 16.7 Å². The third-order valence-corrected chi connectivity index (χ3v) is 6.75. The molecule has 1 saturated heterocycles. The first-order valence-corrected chi connectivity index (χ1v) is 11.4. The van der Waals surface area contributed by atoms with Crippen molar-refractivity contribution in [3.8, 4) is 5.75 Å². The van der Waals surface area contributed by atoms with Gasteiger partial charge in [-0.3, -0.25) is 14.4 Å². The van der Waals surface area contributed by atoms with Crippen LogP contribution in [0.2, 0.25) is 0 Å². The fourth-order valence-electron chi connectivity index (χ4n) is 4.83. The molecule has 0 spiro atoms. The first kappa shape index (κ1) is 20.7. The van der Waals surface area contributed by atoms with Gasteiger partial charge in [-0.2, -0.15) is 0 Å². The summed E-state index contributed by atoms with van der Waals surface area (Å²) >= 11 is 0.